The minimum atomic E-state index is -0.204. The van der Waals surface area contributed by atoms with E-state index in [0.29, 0.717) is 13.1 Å². The lowest BCUT2D eigenvalue weighted by molar-refractivity contribution is 0.623. The maximum Gasteiger partial charge on any atom is 0.123 e. The molecule has 0 spiro atoms. The molecule has 0 fully saturated rings. The molecule has 0 unspecified atom stereocenters. The third-order valence-corrected chi connectivity index (χ3v) is 3.37. The number of aromatic nitrogens is 2. The summed E-state index contributed by atoms with van der Waals surface area (Å²) >= 11 is 0. The van der Waals surface area contributed by atoms with Crippen LogP contribution >= 0.6 is 0 Å². The number of nitrogens with zero attached hydrogens (tertiary/aromatic N) is 2. The summed E-state index contributed by atoms with van der Waals surface area (Å²) in [5.41, 5.74) is 3.22. The SMILES string of the molecule is Cn1nc(CNCc2ccc(F)cc2)c2ccccc21. The van der Waals surface area contributed by atoms with Crippen molar-refractivity contribution in [2.45, 2.75) is 13.1 Å². The van der Waals surface area contributed by atoms with Crippen LogP contribution < -0.4 is 5.32 Å². The zero-order valence-corrected chi connectivity index (χ0v) is 11.3. The quantitative estimate of drug-likeness (QED) is 0.789. The largest absolute Gasteiger partial charge is 0.307 e. The van der Waals surface area contributed by atoms with Gasteiger partial charge < -0.3 is 5.32 Å². The summed E-state index contributed by atoms with van der Waals surface area (Å²) < 4.78 is 14.7. The summed E-state index contributed by atoms with van der Waals surface area (Å²) in [4.78, 5) is 0. The highest BCUT2D eigenvalue weighted by Gasteiger charge is 2.06. The third-order valence-electron chi connectivity index (χ3n) is 3.37. The normalized spacial score (nSPS) is 11.1. The van der Waals surface area contributed by atoms with Gasteiger partial charge in [-0.05, 0) is 23.8 Å². The molecule has 0 aliphatic rings. The molecule has 102 valence electrons. The highest BCUT2D eigenvalue weighted by Crippen LogP contribution is 2.17. The van der Waals surface area contributed by atoms with Gasteiger partial charge in [-0.15, -0.1) is 0 Å². The highest BCUT2D eigenvalue weighted by atomic mass is 19.1. The van der Waals surface area contributed by atoms with E-state index in [2.05, 4.69) is 22.5 Å². The third kappa shape index (κ3) is 2.56. The van der Waals surface area contributed by atoms with Crippen molar-refractivity contribution in [1.29, 1.82) is 0 Å². The topological polar surface area (TPSA) is 29.9 Å². The maximum absolute atomic E-state index is 12.8. The molecule has 0 saturated carbocycles. The van der Waals surface area contributed by atoms with Crippen LogP contribution in [0.5, 0.6) is 0 Å². The first-order valence-corrected chi connectivity index (χ1v) is 6.60. The van der Waals surface area contributed by atoms with Crippen molar-refractivity contribution in [1.82, 2.24) is 15.1 Å². The van der Waals surface area contributed by atoms with E-state index in [9.17, 15) is 4.39 Å². The average molecular weight is 269 g/mol. The molecule has 0 saturated heterocycles. The molecular formula is C16H16FN3. The number of rotatable bonds is 4. The lowest BCUT2D eigenvalue weighted by Gasteiger charge is -2.03. The molecule has 0 aliphatic heterocycles. The Kier molecular flexibility index (Phi) is 3.48. The Morgan fingerprint density at radius 3 is 2.60 bits per heavy atom. The first kappa shape index (κ1) is 12.8. The average Bonchev–Trinajstić information content (AvgIpc) is 2.79. The molecule has 2 aromatic carbocycles. The van der Waals surface area contributed by atoms with Crippen LogP contribution in [0.15, 0.2) is 48.5 Å². The number of nitrogens with one attached hydrogen (secondary N) is 1. The van der Waals surface area contributed by atoms with Gasteiger partial charge in [0, 0.05) is 25.5 Å². The fourth-order valence-corrected chi connectivity index (χ4v) is 2.35. The number of fused-ring (bicyclic) bond motifs is 1. The van der Waals surface area contributed by atoms with E-state index >= 15 is 0 Å². The number of aryl methyl sites for hydroxylation is 1. The fraction of sp³-hybridized carbons (Fsp3) is 0.188. The molecule has 0 bridgehead atoms. The Hall–Kier alpha value is -2.20. The second-order valence-corrected chi connectivity index (χ2v) is 4.82. The van der Waals surface area contributed by atoms with Crippen LogP contribution in [-0.4, -0.2) is 9.78 Å². The lowest BCUT2D eigenvalue weighted by atomic mass is 10.2. The minimum absolute atomic E-state index is 0.204. The first-order valence-electron chi connectivity index (χ1n) is 6.60. The molecule has 0 amide bonds. The molecule has 0 atom stereocenters. The van der Waals surface area contributed by atoms with Crippen LogP contribution in [-0.2, 0) is 20.1 Å². The van der Waals surface area contributed by atoms with Crippen LogP contribution in [0, 0.1) is 5.82 Å². The van der Waals surface area contributed by atoms with Crippen LogP contribution in [0.1, 0.15) is 11.3 Å². The predicted octanol–water partition coefficient (Wildman–Crippen LogP) is 3.00. The molecule has 0 radical (unpaired) electrons. The van der Waals surface area contributed by atoms with Crippen molar-refractivity contribution in [3.63, 3.8) is 0 Å². The molecule has 1 heterocycles. The van der Waals surface area contributed by atoms with Gasteiger partial charge in [0.2, 0.25) is 0 Å². The van der Waals surface area contributed by atoms with Crippen molar-refractivity contribution in [3.8, 4) is 0 Å². The van der Waals surface area contributed by atoms with Gasteiger partial charge in [-0.1, -0.05) is 30.3 Å². The maximum atomic E-state index is 12.8. The zero-order valence-electron chi connectivity index (χ0n) is 11.3. The van der Waals surface area contributed by atoms with E-state index in [4.69, 9.17) is 0 Å². The Labute approximate surface area is 117 Å². The summed E-state index contributed by atoms with van der Waals surface area (Å²) in [6.07, 6.45) is 0. The molecular weight excluding hydrogens is 253 g/mol. The van der Waals surface area contributed by atoms with Crippen molar-refractivity contribution < 1.29 is 4.39 Å². The van der Waals surface area contributed by atoms with E-state index in [1.54, 1.807) is 12.1 Å². The zero-order chi connectivity index (χ0) is 13.9. The van der Waals surface area contributed by atoms with Crippen LogP contribution in [0.4, 0.5) is 4.39 Å². The number of halogens is 1. The second kappa shape index (κ2) is 5.43. The molecule has 4 heteroatoms. The Balaban J connectivity index is 1.70. The van der Waals surface area contributed by atoms with E-state index < -0.39 is 0 Å². The van der Waals surface area contributed by atoms with Gasteiger partial charge in [0.25, 0.3) is 0 Å². The number of hydrogen-bond acceptors (Lipinski definition) is 2. The first-order chi connectivity index (χ1) is 9.74. The van der Waals surface area contributed by atoms with E-state index in [-0.39, 0.29) is 5.82 Å². The van der Waals surface area contributed by atoms with Crippen LogP contribution in [0.3, 0.4) is 0 Å². The van der Waals surface area contributed by atoms with Crippen LogP contribution in [0.2, 0.25) is 0 Å². The summed E-state index contributed by atoms with van der Waals surface area (Å²) in [5, 5.41) is 9.04. The monoisotopic (exact) mass is 269 g/mol. The lowest BCUT2D eigenvalue weighted by Crippen LogP contribution is -2.13. The second-order valence-electron chi connectivity index (χ2n) is 4.82. The molecule has 3 aromatic rings. The molecule has 1 aromatic heterocycles. The molecule has 3 rings (SSSR count). The van der Waals surface area contributed by atoms with E-state index in [1.165, 1.54) is 17.5 Å². The fourth-order valence-electron chi connectivity index (χ4n) is 2.35. The summed E-state index contributed by atoms with van der Waals surface area (Å²) in [6, 6.07) is 14.7. The van der Waals surface area contributed by atoms with Gasteiger partial charge in [-0.25, -0.2) is 4.39 Å². The van der Waals surface area contributed by atoms with Gasteiger partial charge in [0.1, 0.15) is 5.82 Å². The molecule has 1 N–H and O–H groups in total. The Bertz CT molecular complexity index is 716. The standard InChI is InChI=1S/C16H16FN3/c1-20-16-5-3-2-4-14(16)15(19-20)11-18-10-12-6-8-13(17)9-7-12/h2-9,18H,10-11H2,1H3. The number of hydrogen-bond donors (Lipinski definition) is 1. The van der Waals surface area contributed by atoms with Crippen molar-refractivity contribution in [3.05, 3.63) is 65.6 Å². The van der Waals surface area contributed by atoms with E-state index in [1.807, 2.05) is 23.9 Å². The van der Waals surface area contributed by atoms with Crippen LogP contribution in [0.25, 0.3) is 10.9 Å². The minimum Gasteiger partial charge on any atom is -0.307 e. The molecule has 20 heavy (non-hydrogen) atoms. The van der Waals surface area contributed by atoms with Gasteiger partial charge in [0.15, 0.2) is 0 Å². The summed E-state index contributed by atoms with van der Waals surface area (Å²) in [7, 11) is 1.95. The highest BCUT2D eigenvalue weighted by molar-refractivity contribution is 5.81. The predicted molar refractivity (Wildman–Crippen MR) is 77.7 cm³/mol. The van der Waals surface area contributed by atoms with E-state index in [0.717, 1.165) is 16.8 Å². The van der Waals surface area contributed by atoms with Crippen molar-refractivity contribution in [2.24, 2.45) is 7.05 Å². The molecule has 3 nitrogen and oxygen atoms in total. The smallest absolute Gasteiger partial charge is 0.123 e. The number of para-hydroxylation sites is 1. The molecule has 0 aliphatic carbocycles. The Morgan fingerprint density at radius 2 is 1.80 bits per heavy atom. The number of benzene rings is 2. The van der Waals surface area contributed by atoms with Gasteiger partial charge in [-0.3, -0.25) is 4.68 Å². The van der Waals surface area contributed by atoms with Crippen molar-refractivity contribution >= 4 is 10.9 Å². The van der Waals surface area contributed by atoms with Crippen molar-refractivity contribution in [2.75, 3.05) is 0 Å². The van der Waals surface area contributed by atoms with Gasteiger partial charge in [0.05, 0.1) is 11.2 Å². The van der Waals surface area contributed by atoms with Gasteiger partial charge in [-0.2, -0.15) is 5.10 Å². The summed E-state index contributed by atoms with van der Waals surface area (Å²) in [6.45, 7) is 1.39. The summed E-state index contributed by atoms with van der Waals surface area (Å²) in [5.74, 6) is -0.204. The van der Waals surface area contributed by atoms with Gasteiger partial charge >= 0.3 is 0 Å². The Morgan fingerprint density at radius 1 is 1.05 bits per heavy atom.